The molecule has 16 heteroatoms. The molecular weight excluding hydrogens is 500 g/mol. The van der Waals surface area contributed by atoms with Crippen LogP contribution in [-0.2, 0) is 23.1 Å². The first kappa shape index (κ1) is 24.8. The van der Waals surface area contributed by atoms with Gasteiger partial charge in [-0.3, -0.25) is 4.98 Å². The zero-order valence-corrected chi connectivity index (χ0v) is 17.4. The van der Waals surface area contributed by atoms with E-state index in [-0.39, 0.29) is 4.57 Å². The second-order valence-electron chi connectivity index (χ2n) is 6.61. The summed E-state index contributed by atoms with van der Waals surface area (Å²) < 4.78 is 107. The molecule has 0 aliphatic heterocycles. The fourth-order valence-electron chi connectivity index (χ4n) is 2.70. The largest absolute Gasteiger partial charge is 0.501 e. The molecule has 0 atom stereocenters. The highest BCUT2D eigenvalue weighted by Gasteiger charge is 2.46. The number of aromatic amines is 1. The van der Waals surface area contributed by atoms with Crippen molar-refractivity contribution in [3.63, 3.8) is 0 Å². The Morgan fingerprint density at radius 2 is 1.47 bits per heavy atom. The van der Waals surface area contributed by atoms with Crippen molar-refractivity contribution >= 4 is 9.84 Å². The molecule has 182 valence electrons. The number of halogens is 6. The molecule has 0 bridgehead atoms. The van der Waals surface area contributed by atoms with E-state index in [0.717, 1.165) is 31.3 Å². The summed E-state index contributed by atoms with van der Waals surface area (Å²) in [6, 6.07) is 4.46. The van der Waals surface area contributed by atoms with Gasteiger partial charge in [0.15, 0.2) is 0 Å². The highest BCUT2D eigenvalue weighted by Crippen LogP contribution is 2.39. The molecule has 3 rings (SSSR count). The smallest absolute Gasteiger partial charge is 0.457 e. The number of H-pyrrole nitrogens is 1. The lowest BCUT2D eigenvalue weighted by Gasteiger charge is -2.16. The summed E-state index contributed by atoms with van der Waals surface area (Å²) in [5, 5.41) is 0. The first-order chi connectivity index (χ1) is 15.5. The van der Waals surface area contributed by atoms with Crippen molar-refractivity contribution in [1.82, 2.24) is 14.1 Å². The molecular formula is C18H11F6N3O6S. The Balaban J connectivity index is 2.07. The molecule has 3 aromatic rings. The SMILES string of the molecule is Cn1c(=O)[nH]c(=O)n(-c2ccc(Oc3ccc(S(=O)(=O)C(F)(F)F)cc3)c(C(F)(F)F)c2)c1=O. The summed E-state index contributed by atoms with van der Waals surface area (Å²) in [5.41, 5.74) is -11.2. The fourth-order valence-corrected chi connectivity index (χ4v) is 3.46. The number of sulfone groups is 1. The number of rotatable bonds is 4. The van der Waals surface area contributed by atoms with Gasteiger partial charge in [0.25, 0.3) is 9.84 Å². The molecule has 0 aliphatic rings. The number of hydrogen-bond acceptors (Lipinski definition) is 6. The summed E-state index contributed by atoms with van der Waals surface area (Å²) in [6.45, 7) is 0. The molecule has 0 saturated carbocycles. The molecule has 0 aliphatic carbocycles. The molecule has 1 aromatic heterocycles. The molecule has 1 N–H and O–H groups in total. The lowest BCUT2D eigenvalue weighted by atomic mass is 10.1. The third kappa shape index (κ3) is 4.48. The molecule has 0 radical (unpaired) electrons. The number of hydrogen-bond donors (Lipinski definition) is 1. The van der Waals surface area contributed by atoms with E-state index in [1.54, 1.807) is 4.98 Å². The standard InChI is InChI=1S/C18H11F6N3O6S/c1-26-14(28)25-15(29)27(16(26)30)9-2-7-13(12(8-9)17(19,20)21)33-10-3-5-11(6-4-10)34(31,32)18(22,23)24/h2-8H,1H3,(H,25,28,29). The Bertz CT molecular complexity index is 1530. The highest BCUT2D eigenvalue weighted by atomic mass is 32.2. The minimum atomic E-state index is -5.67. The van der Waals surface area contributed by atoms with Crippen LogP contribution in [0.4, 0.5) is 26.3 Å². The number of alkyl halides is 6. The van der Waals surface area contributed by atoms with Gasteiger partial charge in [0.2, 0.25) is 0 Å². The lowest BCUT2D eigenvalue weighted by Crippen LogP contribution is -2.47. The molecule has 0 saturated heterocycles. The molecule has 0 spiro atoms. The molecule has 0 unspecified atom stereocenters. The average molecular weight is 511 g/mol. The predicted octanol–water partition coefficient (Wildman–Crippen LogP) is 2.33. The predicted molar refractivity (Wildman–Crippen MR) is 103 cm³/mol. The zero-order valence-electron chi connectivity index (χ0n) is 16.6. The first-order valence-electron chi connectivity index (χ1n) is 8.77. The molecule has 1 heterocycles. The zero-order chi connectivity index (χ0) is 25.6. The van der Waals surface area contributed by atoms with Crippen LogP contribution in [0, 0.1) is 0 Å². The van der Waals surface area contributed by atoms with Gasteiger partial charge in [0, 0.05) is 7.05 Å². The van der Waals surface area contributed by atoms with Gasteiger partial charge in [-0.1, -0.05) is 0 Å². The Morgan fingerprint density at radius 3 is 2.00 bits per heavy atom. The summed E-state index contributed by atoms with van der Waals surface area (Å²) in [4.78, 5) is 36.3. The minimum absolute atomic E-state index is 0.275. The van der Waals surface area contributed by atoms with Gasteiger partial charge >= 0.3 is 28.8 Å². The Kier molecular flexibility index (Phi) is 5.98. The molecule has 0 amide bonds. The van der Waals surface area contributed by atoms with E-state index in [2.05, 4.69) is 0 Å². The van der Waals surface area contributed by atoms with Crippen LogP contribution in [-0.4, -0.2) is 28.0 Å². The number of aromatic nitrogens is 3. The van der Waals surface area contributed by atoms with Crippen LogP contribution in [0.3, 0.4) is 0 Å². The number of nitrogens with one attached hydrogen (secondary N) is 1. The highest BCUT2D eigenvalue weighted by molar-refractivity contribution is 7.92. The van der Waals surface area contributed by atoms with Crippen molar-refractivity contribution in [3.05, 3.63) is 79.5 Å². The van der Waals surface area contributed by atoms with E-state index in [1.807, 2.05) is 0 Å². The van der Waals surface area contributed by atoms with E-state index in [9.17, 15) is 49.1 Å². The third-order valence-corrected chi connectivity index (χ3v) is 5.90. The van der Waals surface area contributed by atoms with Crippen molar-refractivity contribution in [3.8, 4) is 17.2 Å². The van der Waals surface area contributed by atoms with E-state index in [1.165, 1.54) is 0 Å². The summed E-state index contributed by atoms with van der Waals surface area (Å²) in [5.74, 6) is -1.30. The third-order valence-electron chi connectivity index (χ3n) is 4.39. The maximum atomic E-state index is 13.6. The van der Waals surface area contributed by atoms with Crippen LogP contribution >= 0.6 is 0 Å². The summed E-state index contributed by atoms with van der Waals surface area (Å²) >= 11 is 0. The van der Waals surface area contributed by atoms with Crippen LogP contribution in [0.1, 0.15) is 5.56 Å². The van der Waals surface area contributed by atoms with Crippen molar-refractivity contribution < 1.29 is 39.5 Å². The monoisotopic (exact) mass is 511 g/mol. The maximum Gasteiger partial charge on any atom is 0.501 e. The Hall–Kier alpha value is -3.82. The summed E-state index contributed by atoms with van der Waals surface area (Å²) in [6.07, 6.45) is -5.08. The molecule has 34 heavy (non-hydrogen) atoms. The van der Waals surface area contributed by atoms with Crippen molar-refractivity contribution in [1.29, 1.82) is 0 Å². The second-order valence-corrected chi connectivity index (χ2v) is 8.55. The first-order valence-corrected chi connectivity index (χ1v) is 10.3. The van der Waals surface area contributed by atoms with Crippen molar-refractivity contribution in [2.45, 2.75) is 16.6 Å². The lowest BCUT2D eigenvalue weighted by molar-refractivity contribution is -0.138. The minimum Gasteiger partial charge on any atom is -0.457 e. The van der Waals surface area contributed by atoms with Gasteiger partial charge in [-0.25, -0.2) is 31.9 Å². The van der Waals surface area contributed by atoms with Crippen LogP contribution in [0.25, 0.3) is 5.69 Å². The van der Waals surface area contributed by atoms with Gasteiger partial charge in [0.1, 0.15) is 17.1 Å². The Labute approximate surface area is 184 Å². The number of ether oxygens (including phenoxy) is 1. The van der Waals surface area contributed by atoms with Gasteiger partial charge < -0.3 is 4.74 Å². The van der Waals surface area contributed by atoms with Gasteiger partial charge in [0.05, 0.1) is 10.6 Å². The number of nitrogens with zero attached hydrogens (tertiary/aromatic N) is 2. The fraction of sp³-hybridized carbons (Fsp3) is 0.167. The normalized spacial score (nSPS) is 12.6. The van der Waals surface area contributed by atoms with E-state index < -0.39 is 66.2 Å². The topological polar surface area (TPSA) is 120 Å². The van der Waals surface area contributed by atoms with Gasteiger partial charge in [-0.05, 0) is 42.5 Å². The van der Waals surface area contributed by atoms with Crippen LogP contribution in [0.5, 0.6) is 11.5 Å². The summed E-state index contributed by atoms with van der Waals surface area (Å²) in [7, 11) is -4.69. The van der Waals surface area contributed by atoms with E-state index in [0.29, 0.717) is 22.8 Å². The van der Waals surface area contributed by atoms with E-state index >= 15 is 0 Å². The molecule has 2 aromatic carbocycles. The van der Waals surface area contributed by atoms with Crippen molar-refractivity contribution in [2.24, 2.45) is 7.05 Å². The average Bonchev–Trinajstić information content (AvgIpc) is 2.72. The van der Waals surface area contributed by atoms with Gasteiger partial charge in [-0.2, -0.15) is 26.3 Å². The van der Waals surface area contributed by atoms with Crippen LogP contribution < -0.4 is 21.8 Å². The van der Waals surface area contributed by atoms with Crippen molar-refractivity contribution in [2.75, 3.05) is 0 Å². The molecule has 0 fully saturated rings. The van der Waals surface area contributed by atoms with Gasteiger partial charge in [-0.15, -0.1) is 0 Å². The van der Waals surface area contributed by atoms with E-state index in [4.69, 9.17) is 4.74 Å². The Morgan fingerprint density at radius 1 is 0.882 bits per heavy atom. The van der Waals surface area contributed by atoms with Crippen LogP contribution in [0.2, 0.25) is 0 Å². The number of benzene rings is 2. The second kappa shape index (κ2) is 8.19. The quantitative estimate of drug-likeness (QED) is 0.537. The molecule has 9 nitrogen and oxygen atoms in total. The maximum absolute atomic E-state index is 13.6. The van der Waals surface area contributed by atoms with Crippen LogP contribution in [0.15, 0.2) is 61.7 Å².